The van der Waals surface area contributed by atoms with Crippen LogP contribution in [0.1, 0.15) is 29.1 Å². The Morgan fingerprint density at radius 3 is 2.60 bits per heavy atom. The third-order valence-electron chi connectivity index (χ3n) is 3.33. The van der Waals surface area contributed by atoms with Crippen molar-refractivity contribution in [1.29, 1.82) is 0 Å². The predicted octanol–water partition coefficient (Wildman–Crippen LogP) is 3.92. The zero-order valence-electron chi connectivity index (χ0n) is 11.2. The fourth-order valence-electron chi connectivity index (χ4n) is 2.22. The molecule has 1 aromatic heterocycles. The van der Waals surface area contributed by atoms with Crippen LogP contribution in [0.5, 0.6) is 0 Å². The molecule has 3 rings (SSSR count). The second kappa shape index (κ2) is 5.21. The lowest BCUT2D eigenvalue weighted by atomic mass is 10.1. The zero-order chi connectivity index (χ0) is 13.9. The van der Waals surface area contributed by atoms with Crippen molar-refractivity contribution in [1.82, 2.24) is 5.32 Å². The Kier molecular flexibility index (Phi) is 3.25. The molecule has 1 heterocycles. The maximum atomic E-state index is 12.2. The second-order valence-corrected chi connectivity index (χ2v) is 4.77. The van der Waals surface area contributed by atoms with Crippen LogP contribution >= 0.6 is 0 Å². The molecule has 0 radical (unpaired) electrons. The predicted molar refractivity (Wildman–Crippen MR) is 78.5 cm³/mol. The van der Waals surface area contributed by atoms with Crippen LogP contribution in [0.4, 0.5) is 0 Å². The van der Waals surface area contributed by atoms with E-state index >= 15 is 0 Å². The van der Waals surface area contributed by atoms with E-state index in [1.807, 2.05) is 61.5 Å². The quantitative estimate of drug-likeness (QED) is 0.779. The van der Waals surface area contributed by atoms with Crippen LogP contribution in [0.25, 0.3) is 10.8 Å². The van der Waals surface area contributed by atoms with Crippen LogP contribution in [0.3, 0.4) is 0 Å². The number of amides is 1. The molecule has 0 saturated carbocycles. The summed E-state index contributed by atoms with van der Waals surface area (Å²) in [6.07, 6.45) is 1.61. The van der Waals surface area contributed by atoms with E-state index in [0.29, 0.717) is 5.56 Å². The number of hydrogen-bond donors (Lipinski definition) is 1. The smallest absolute Gasteiger partial charge is 0.251 e. The minimum Gasteiger partial charge on any atom is -0.467 e. The number of hydrogen-bond acceptors (Lipinski definition) is 2. The highest BCUT2D eigenvalue weighted by Gasteiger charge is 2.13. The lowest BCUT2D eigenvalue weighted by Crippen LogP contribution is -2.26. The fraction of sp³-hybridized carbons (Fsp3) is 0.118. The normalized spacial score (nSPS) is 12.2. The Bertz CT molecular complexity index is 732. The standard InChI is InChI=1S/C17H15NO2/c1-12(16-7-4-10-20-16)18-17(19)15-9-8-13-5-2-3-6-14(13)11-15/h2-12H,1H3,(H,18,19)/t12-/m1/s1. The van der Waals surface area contributed by atoms with Gasteiger partial charge in [0.15, 0.2) is 0 Å². The monoisotopic (exact) mass is 265 g/mol. The summed E-state index contributed by atoms with van der Waals surface area (Å²) in [7, 11) is 0. The van der Waals surface area contributed by atoms with Crippen LogP contribution < -0.4 is 5.32 Å². The molecule has 3 heteroatoms. The molecule has 0 aliphatic heterocycles. The van der Waals surface area contributed by atoms with E-state index in [2.05, 4.69) is 5.32 Å². The summed E-state index contributed by atoms with van der Waals surface area (Å²) in [5, 5.41) is 5.12. The number of rotatable bonds is 3. The molecular weight excluding hydrogens is 250 g/mol. The Morgan fingerprint density at radius 1 is 1.05 bits per heavy atom. The van der Waals surface area contributed by atoms with Crippen molar-refractivity contribution in [2.75, 3.05) is 0 Å². The average molecular weight is 265 g/mol. The highest BCUT2D eigenvalue weighted by atomic mass is 16.3. The van der Waals surface area contributed by atoms with Crippen LogP contribution in [0.15, 0.2) is 65.3 Å². The molecule has 100 valence electrons. The minimum absolute atomic E-state index is 0.0975. The Labute approximate surface area is 117 Å². The van der Waals surface area contributed by atoms with Crippen LogP contribution in [0, 0.1) is 0 Å². The third kappa shape index (κ3) is 2.43. The van der Waals surface area contributed by atoms with Crippen LogP contribution in [-0.2, 0) is 0 Å². The first-order valence-electron chi connectivity index (χ1n) is 6.57. The number of carbonyl (C=O) groups is 1. The van der Waals surface area contributed by atoms with E-state index in [0.717, 1.165) is 16.5 Å². The summed E-state index contributed by atoms with van der Waals surface area (Å²) >= 11 is 0. The largest absolute Gasteiger partial charge is 0.467 e. The van der Waals surface area contributed by atoms with Crippen molar-refractivity contribution in [3.05, 3.63) is 72.2 Å². The number of fused-ring (bicyclic) bond motifs is 1. The summed E-state index contributed by atoms with van der Waals surface area (Å²) in [5.41, 5.74) is 0.655. The van der Waals surface area contributed by atoms with Crippen molar-refractivity contribution in [2.24, 2.45) is 0 Å². The number of furan rings is 1. The topological polar surface area (TPSA) is 42.2 Å². The third-order valence-corrected chi connectivity index (χ3v) is 3.33. The van der Waals surface area contributed by atoms with E-state index < -0.39 is 0 Å². The molecule has 0 aliphatic carbocycles. The first-order valence-corrected chi connectivity index (χ1v) is 6.57. The lowest BCUT2D eigenvalue weighted by molar-refractivity contribution is 0.0935. The van der Waals surface area contributed by atoms with E-state index in [1.54, 1.807) is 6.26 Å². The average Bonchev–Trinajstić information content (AvgIpc) is 3.01. The van der Waals surface area contributed by atoms with Crippen molar-refractivity contribution < 1.29 is 9.21 Å². The van der Waals surface area contributed by atoms with Gasteiger partial charge in [0.1, 0.15) is 5.76 Å². The molecule has 0 fully saturated rings. The second-order valence-electron chi connectivity index (χ2n) is 4.77. The van der Waals surface area contributed by atoms with Gasteiger partial charge in [0.25, 0.3) is 5.91 Å². The zero-order valence-corrected chi connectivity index (χ0v) is 11.2. The van der Waals surface area contributed by atoms with Gasteiger partial charge in [0.05, 0.1) is 12.3 Å². The molecular formula is C17H15NO2. The Balaban J connectivity index is 1.82. The molecule has 1 amide bonds. The van der Waals surface area contributed by atoms with Gasteiger partial charge in [0.2, 0.25) is 0 Å². The maximum Gasteiger partial charge on any atom is 0.251 e. The number of carbonyl (C=O) groups excluding carboxylic acids is 1. The molecule has 2 aromatic carbocycles. The SMILES string of the molecule is C[C@@H](NC(=O)c1ccc2ccccc2c1)c1ccco1. The first kappa shape index (κ1) is 12.5. The fourth-order valence-corrected chi connectivity index (χ4v) is 2.22. The first-order chi connectivity index (χ1) is 9.74. The van der Waals surface area contributed by atoms with E-state index in [-0.39, 0.29) is 11.9 Å². The molecule has 0 spiro atoms. The molecule has 3 aromatic rings. The van der Waals surface area contributed by atoms with Crippen molar-refractivity contribution in [2.45, 2.75) is 13.0 Å². The van der Waals surface area contributed by atoms with Gasteiger partial charge in [-0.1, -0.05) is 30.3 Å². The van der Waals surface area contributed by atoms with E-state index in [9.17, 15) is 4.79 Å². The molecule has 3 nitrogen and oxygen atoms in total. The van der Waals surface area contributed by atoms with E-state index in [4.69, 9.17) is 4.42 Å². The Hall–Kier alpha value is -2.55. The van der Waals surface area contributed by atoms with Crippen LogP contribution in [0.2, 0.25) is 0 Å². The highest BCUT2D eigenvalue weighted by Crippen LogP contribution is 2.17. The molecule has 1 atom stereocenters. The summed E-state index contributed by atoms with van der Waals surface area (Å²) in [6.45, 7) is 1.90. The van der Waals surface area contributed by atoms with E-state index in [1.165, 1.54) is 0 Å². The van der Waals surface area contributed by atoms with Gasteiger partial charge >= 0.3 is 0 Å². The summed E-state index contributed by atoms with van der Waals surface area (Å²) in [4.78, 5) is 12.2. The van der Waals surface area contributed by atoms with Gasteiger partial charge in [-0.25, -0.2) is 0 Å². The van der Waals surface area contributed by atoms with Gasteiger partial charge in [-0.05, 0) is 42.0 Å². The summed E-state index contributed by atoms with van der Waals surface area (Å²) in [5.74, 6) is 0.652. The molecule has 20 heavy (non-hydrogen) atoms. The van der Waals surface area contributed by atoms with Gasteiger partial charge in [-0.15, -0.1) is 0 Å². The van der Waals surface area contributed by atoms with Crippen molar-refractivity contribution >= 4 is 16.7 Å². The van der Waals surface area contributed by atoms with Gasteiger partial charge < -0.3 is 9.73 Å². The maximum absolute atomic E-state index is 12.2. The highest BCUT2D eigenvalue weighted by molar-refractivity contribution is 5.98. The summed E-state index contributed by atoms with van der Waals surface area (Å²) in [6, 6.07) is 17.2. The van der Waals surface area contributed by atoms with Gasteiger partial charge in [-0.3, -0.25) is 4.79 Å². The van der Waals surface area contributed by atoms with Crippen LogP contribution in [-0.4, -0.2) is 5.91 Å². The lowest BCUT2D eigenvalue weighted by Gasteiger charge is -2.11. The molecule has 0 unspecified atom stereocenters. The summed E-state index contributed by atoms with van der Waals surface area (Å²) < 4.78 is 5.29. The Morgan fingerprint density at radius 2 is 1.85 bits per heavy atom. The minimum atomic E-state index is -0.149. The molecule has 0 bridgehead atoms. The van der Waals surface area contributed by atoms with Gasteiger partial charge in [-0.2, -0.15) is 0 Å². The molecule has 0 aliphatic rings. The molecule has 1 N–H and O–H groups in total. The number of nitrogens with one attached hydrogen (secondary N) is 1. The van der Waals surface area contributed by atoms with Crippen molar-refractivity contribution in [3.63, 3.8) is 0 Å². The number of benzene rings is 2. The van der Waals surface area contributed by atoms with Crippen molar-refractivity contribution in [3.8, 4) is 0 Å². The molecule has 0 saturated heterocycles. The van der Waals surface area contributed by atoms with Gasteiger partial charge in [0, 0.05) is 5.56 Å².